The van der Waals surface area contributed by atoms with Crippen LogP contribution in [-0.2, 0) is 0 Å². The smallest absolute Gasteiger partial charge is 0.0141 e. The van der Waals surface area contributed by atoms with E-state index in [0.717, 1.165) is 6.54 Å². The van der Waals surface area contributed by atoms with Crippen LogP contribution in [0.3, 0.4) is 0 Å². The van der Waals surface area contributed by atoms with Crippen molar-refractivity contribution in [3.63, 3.8) is 0 Å². The number of likely N-dealkylation sites (tertiary alicyclic amines) is 1. The molecule has 1 heterocycles. The van der Waals surface area contributed by atoms with Crippen molar-refractivity contribution in [2.75, 3.05) is 26.7 Å². The number of rotatable bonds is 1. The van der Waals surface area contributed by atoms with Crippen molar-refractivity contribution in [2.45, 2.75) is 6.42 Å². The van der Waals surface area contributed by atoms with E-state index in [4.69, 9.17) is 5.73 Å². The molecule has 1 saturated heterocycles. The Morgan fingerprint density at radius 2 is 2.50 bits per heavy atom. The molecule has 1 rings (SSSR count). The predicted molar refractivity (Wildman–Crippen MR) is 33.6 cm³/mol. The highest BCUT2D eigenvalue weighted by Crippen LogP contribution is 2.11. The molecule has 2 nitrogen and oxygen atoms in total. The fraction of sp³-hybridized carbons (Fsp3) is 1.00. The third kappa shape index (κ3) is 1.20. The molecule has 1 radical (unpaired) electrons. The van der Waals surface area contributed by atoms with E-state index in [1.54, 1.807) is 0 Å². The SMILES string of the molecule is CN1CCC(C[NH])C1. The second kappa shape index (κ2) is 2.46. The average Bonchev–Trinajstić information content (AvgIpc) is 2.14. The minimum Gasteiger partial charge on any atom is -0.306 e. The number of nitrogens with zero attached hydrogens (tertiary/aromatic N) is 1. The first kappa shape index (κ1) is 6.05. The van der Waals surface area contributed by atoms with Gasteiger partial charge in [0.1, 0.15) is 0 Å². The molecule has 0 aromatic carbocycles. The van der Waals surface area contributed by atoms with Crippen LogP contribution in [0.4, 0.5) is 0 Å². The molecule has 0 aromatic heterocycles. The summed E-state index contributed by atoms with van der Waals surface area (Å²) in [6.07, 6.45) is 1.24. The summed E-state index contributed by atoms with van der Waals surface area (Å²) in [5, 5.41) is 0. The van der Waals surface area contributed by atoms with Gasteiger partial charge in [-0.25, -0.2) is 0 Å². The lowest BCUT2D eigenvalue weighted by Crippen LogP contribution is -2.15. The third-order valence-corrected chi connectivity index (χ3v) is 1.78. The van der Waals surface area contributed by atoms with Gasteiger partial charge in [0, 0.05) is 13.1 Å². The zero-order valence-electron chi connectivity index (χ0n) is 5.35. The minimum absolute atomic E-state index is 0.615. The lowest BCUT2D eigenvalue weighted by atomic mass is 10.1. The summed E-state index contributed by atoms with van der Waals surface area (Å²) in [4.78, 5) is 2.29. The summed E-state index contributed by atoms with van der Waals surface area (Å²) >= 11 is 0. The van der Waals surface area contributed by atoms with Gasteiger partial charge >= 0.3 is 0 Å². The van der Waals surface area contributed by atoms with Crippen molar-refractivity contribution in [1.29, 1.82) is 0 Å². The van der Waals surface area contributed by atoms with E-state index >= 15 is 0 Å². The van der Waals surface area contributed by atoms with Crippen LogP contribution in [0.15, 0.2) is 0 Å². The maximum atomic E-state index is 7.06. The van der Waals surface area contributed by atoms with E-state index in [9.17, 15) is 0 Å². The van der Waals surface area contributed by atoms with Gasteiger partial charge in [0.25, 0.3) is 0 Å². The standard InChI is InChI=1S/C6H13N2/c1-8-3-2-6(4-7)5-8/h6-7H,2-5H2,1H3. The van der Waals surface area contributed by atoms with Crippen molar-refractivity contribution < 1.29 is 0 Å². The Morgan fingerprint density at radius 3 is 2.75 bits per heavy atom. The van der Waals surface area contributed by atoms with E-state index < -0.39 is 0 Å². The van der Waals surface area contributed by atoms with Crippen LogP contribution < -0.4 is 5.73 Å². The summed E-state index contributed by atoms with van der Waals surface area (Å²) in [5.41, 5.74) is 7.06. The zero-order valence-corrected chi connectivity index (χ0v) is 5.35. The van der Waals surface area contributed by atoms with Crippen LogP contribution in [0, 0.1) is 5.92 Å². The van der Waals surface area contributed by atoms with Gasteiger partial charge in [0.05, 0.1) is 0 Å². The van der Waals surface area contributed by atoms with Gasteiger partial charge in [0.15, 0.2) is 0 Å². The average molecular weight is 113 g/mol. The first-order chi connectivity index (χ1) is 3.83. The highest BCUT2D eigenvalue weighted by molar-refractivity contribution is 4.72. The van der Waals surface area contributed by atoms with E-state index in [1.807, 2.05) is 0 Å². The third-order valence-electron chi connectivity index (χ3n) is 1.78. The largest absolute Gasteiger partial charge is 0.306 e. The van der Waals surface area contributed by atoms with Gasteiger partial charge in [-0.3, -0.25) is 5.73 Å². The van der Waals surface area contributed by atoms with Crippen molar-refractivity contribution in [3.8, 4) is 0 Å². The summed E-state index contributed by atoms with van der Waals surface area (Å²) in [7, 11) is 2.12. The molecule has 47 valence electrons. The summed E-state index contributed by atoms with van der Waals surface area (Å²) in [6.45, 7) is 2.96. The molecule has 0 bridgehead atoms. The molecular weight excluding hydrogens is 100 g/mol. The zero-order chi connectivity index (χ0) is 5.98. The topological polar surface area (TPSA) is 27.0 Å². The summed E-state index contributed by atoms with van der Waals surface area (Å²) < 4.78 is 0. The Balaban J connectivity index is 2.22. The molecule has 2 heteroatoms. The molecule has 1 fully saturated rings. The molecule has 1 N–H and O–H groups in total. The van der Waals surface area contributed by atoms with Crippen LogP contribution in [0.25, 0.3) is 0 Å². The second-order valence-electron chi connectivity index (χ2n) is 2.62. The van der Waals surface area contributed by atoms with Crippen LogP contribution in [0.1, 0.15) is 6.42 Å². The molecule has 0 saturated carbocycles. The molecular formula is C6H13N2. The first-order valence-corrected chi connectivity index (χ1v) is 3.16. The van der Waals surface area contributed by atoms with Gasteiger partial charge < -0.3 is 4.90 Å². The molecule has 8 heavy (non-hydrogen) atoms. The van der Waals surface area contributed by atoms with Crippen molar-refractivity contribution in [1.82, 2.24) is 10.6 Å². The molecule has 0 aromatic rings. The first-order valence-electron chi connectivity index (χ1n) is 3.16. The van der Waals surface area contributed by atoms with Gasteiger partial charge in [-0.1, -0.05) is 0 Å². The monoisotopic (exact) mass is 113 g/mol. The predicted octanol–water partition coefficient (Wildman–Crippen LogP) is 0.221. The maximum Gasteiger partial charge on any atom is 0.0141 e. The van der Waals surface area contributed by atoms with Gasteiger partial charge in [0.2, 0.25) is 0 Å². The lowest BCUT2D eigenvalue weighted by molar-refractivity contribution is 0.396. The highest BCUT2D eigenvalue weighted by Gasteiger charge is 2.16. The van der Waals surface area contributed by atoms with Gasteiger partial charge in [-0.15, -0.1) is 0 Å². The Morgan fingerprint density at radius 1 is 1.75 bits per heavy atom. The number of hydrogen-bond acceptors (Lipinski definition) is 1. The Labute approximate surface area is 50.7 Å². The molecule has 1 unspecified atom stereocenters. The van der Waals surface area contributed by atoms with E-state index in [1.165, 1.54) is 13.0 Å². The lowest BCUT2D eigenvalue weighted by Gasteiger charge is -2.05. The van der Waals surface area contributed by atoms with Crippen LogP contribution in [-0.4, -0.2) is 31.6 Å². The molecule has 1 atom stereocenters. The summed E-state index contributed by atoms with van der Waals surface area (Å²) in [5.74, 6) is 0.667. The molecule has 0 amide bonds. The fourth-order valence-corrected chi connectivity index (χ4v) is 1.19. The fourth-order valence-electron chi connectivity index (χ4n) is 1.19. The molecule has 0 spiro atoms. The second-order valence-corrected chi connectivity index (χ2v) is 2.62. The minimum atomic E-state index is 0.615. The highest BCUT2D eigenvalue weighted by atomic mass is 15.1. The van der Waals surface area contributed by atoms with Crippen molar-refractivity contribution in [2.24, 2.45) is 5.92 Å². The van der Waals surface area contributed by atoms with Gasteiger partial charge in [-0.2, -0.15) is 0 Å². The van der Waals surface area contributed by atoms with Crippen LogP contribution in [0.2, 0.25) is 0 Å². The van der Waals surface area contributed by atoms with Crippen molar-refractivity contribution in [3.05, 3.63) is 0 Å². The van der Waals surface area contributed by atoms with E-state index in [2.05, 4.69) is 11.9 Å². The molecule has 1 aliphatic rings. The normalized spacial score (nSPS) is 31.5. The molecule has 1 aliphatic heterocycles. The van der Waals surface area contributed by atoms with E-state index in [0.29, 0.717) is 12.5 Å². The number of nitrogens with one attached hydrogen (secondary N) is 1. The van der Waals surface area contributed by atoms with Crippen molar-refractivity contribution >= 4 is 0 Å². The Hall–Kier alpha value is -0.0800. The number of hydrogen-bond donors (Lipinski definition) is 0. The quantitative estimate of drug-likeness (QED) is 0.478. The van der Waals surface area contributed by atoms with Gasteiger partial charge in [-0.05, 0) is 25.9 Å². The van der Waals surface area contributed by atoms with E-state index in [-0.39, 0.29) is 0 Å². The summed E-state index contributed by atoms with van der Waals surface area (Å²) in [6, 6.07) is 0. The molecule has 0 aliphatic carbocycles. The maximum absolute atomic E-state index is 7.06. The van der Waals surface area contributed by atoms with Crippen LogP contribution >= 0.6 is 0 Å². The Bertz CT molecular complexity index is 72.9. The Kier molecular flexibility index (Phi) is 1.86. The van der Waals surface area contributed by atoms with Crippen LogP contribution in [0.5, 0.6) is 0 Å².